The van der Waals surface area contributed by atoms with E-state index in [2.05, 4.69) is 37.4 Å². The molecule has 4 amide bonds. The maximum atomic E-state index is 12.2. The molecular weight excluding hydrogens is 408 g/mol. The van der Waals surface area contributed by atoms with Crippen LogP contribution in [0.25, 0.3) is 0 Å². The van der Waals surface area contributed by atoms with Crippen molar-refractivity contribution in [3.05, 3.63) is 50.6 Å². The molecule has 1 saturated carbocycles. The fraction of sp³-hybridized carbons (Fsp3) is 0.188. The minimum absolute atomic E-state index is 0.249. The van der Waals surface area contributed by atoms with Crippen LogP contribution < -0.4 is 21.5 Å². The highest BCUT2D eigenvalue weighted by Gasteiger charge is 2.23. The summed E-state index contributed by atoms with van der Waals surface area (Å²) in [4.78, 5) is 36.3. The number of carbonyl (C=O) groups is 3. The largest absolute Gasteiger partial charge is 0.335 e. The Bertz CT molecular complexity index is 819. The van der Waals surface area contributed by atoms with Crippen molar-refractivity contribution in [1.29, 1.82) is 0 Å². The van der Waals surface area contributed by atoms with Gasteiger partial charge >= 0.3 is 6.03 Å². The second-order valence-corrected chi connectivity index (χ2v) is 7.93. The van der Waals surface area contributed by atoms with Crippen molar-refractivity contribution in [2.75, 3.05) is 5.32 Å². The summed E-state index contributed by atoms with van der Waals surface area (Å²) in [6.07, 6.45) is 1.99. The topological polar surface area (TPSA) is 99.3 Å². The quantitative estimate of drug-likeness (QED) is 0.569. The average molecular weight is 423 g/mol. The van der Waals surface area contributed by atoms with Gasteiger partial charge in [-0.3, -0.25) is 20.4 Å². The van der Waals surface area contributed by atoms with Crippen LogP contribution >= 0.6 is 27.3 Å². The Labute approximate surface area is 156 Å². The number of carbonyl (C=O) groups excluding carboxylic acids is 3. The molecule has 1 aromatic heterocycles. The third kappa shape index (κ3) is 5.04. The summed E-state index contributed by atoms with van der Waals surface area (Å²) < 4.78 is 0.826. The van der Waals surface area contributed by atoms with E-state index < -0.39 is 11.8 Å². The van der Waals surface area contributed by atoms with E-state index in [4.69, 9.17) is 0 Å². The summed E-state index contributed by atoms with van der Waals surface area (Å²) >= 11 is 4.54. The van der Waals surface area contributed by atoms with Gasteiger partial charge in [0, 0.05) is 17.3 Å². The normalized spacial score (nSPS) is 13.0. The zero-order valence-corrected chi connectivity index (χ0v) is 15.4. The molecule has 0 saturated heterocycles. The van der Waals surface area contributed by atoms with Crippen molar-refractivity contribution in [2.24, 2.45) is 0 Å². The molecule has 0 bridgehead atoms. The fourth-order valence-electron chi connectivity index (χ4n) is 2.00. The molecule has 3 rings (SSSR count). The van der Waals surface area contributed by atoms with E-state index in [0.717, 1.165) is 16.6 Å². The highest BCUT2D eigenvalue weighted by Crippen LogP contribution is 2.21. The van der Waals surface area contributed by atoms with Crippen molar-refractivity contribution in [3.8, 4) is 0 Å². The molecule has 0 spiro atoms. The molecule has 130 valence electrons. The minimum atomic E-state index is -0.477. The molecule has 1 aromatic carbocycles. The molecule has 9 heteroatoms. The number of benzene rings is 1. The number of hydrogen-bond donors (Lipinski definition) is 4. The Hall–Kier alpha value is -2.39. The van der Waals surface area contributed by atoms with E-state index in [9.17, 15) is 14.4 Å². The van der Waals surface area contributed by atoms with Crippen LogP contribution in [0.4, 0.5) is 10.5 Å². The summed E-state index contributed by atoms with van der Waals surface area (Å²) in [6.45, 7) is 0. The van der Waals surface area contributed by atoms with Crippen LogP contribution in [0, 0.1) is 0 Å². The summed E-state index contributed by atoms with van der Waals surface area (Å²) in [5.74, 6) is -0.877. The maximum absolute atomic E-state index is 12.2. The van der Waals surface area contributed by atoms with E-state index in [1.54, 1.807) is 30.3 Å². The first kappa shape index (κ1) is 17.4. The van der Waals surface area contributed by atoms with Gasteiger partial charge < -0.3 is 10.6 Å². The molecular formula is C16H15BrN4O3S. The Morgan fingerprint density at radius 3 is 2.48 bits per heavy atom. The van der Waals surface area contributed by atoms with Gasteiger partial charge in [0.1, 0.15) is 0 Å². The predicted octanol–water partition coefficient (Wildman–Crippen LogP) is 2.87. The number of hydrogen-bond acceptors (Lipinski definition) is 4. The standard InChI is InChI=1S/C16H15BrN4O3S/c17-13-7-6-12(25-13)15(23)21-20-14(22)9-2-1-3-11(8-9)19-16(24)18-10-4-5-10/h1-3,6-8,10H,4-5H2,(H,20,22)(H,21,23)(H2,18,19,24). The van der Waals surface area contributed by atoms with Gasteiger partial charge in [0.05, 0.1) is 8.66 Å². The first-order chi connectivity index (χ1) is 12.0. The Balaban J connectivity index is 1.55. The molecule has 25 heavy (non-hydrogen) atoms. The number of thiophene rings is 1. The average Bonchev–Trinajstić information content (AvgIpc) is 3.29. The summed E-state index contributed by atoms with van der Waals surface area (Å²) in [5, 5.41) is 5.48. The molecule has 0 aliphatic heterocycles. The van der Waals surface area contributed by atoms with Crippen LogP contribution in [0.1, 0.15) is 32.9 Å². The van der Waals surface area contributed by atoms with Gasteiger partial charge in [0.2, 0.25) is 0 Å². The molecule has 2 aromatic rings. The first-order valence-electron chi connectivity index (χ1n) is 7.55. The SMILES string of the molecule is O=C(Nc1cccc(C(=O)NNC(=O)c2ccc(Br)s2)c1)NC1CC1. The lowest BCUT2D eigenvalue weighted by Gasteiger charge is -2.09. The molecule has 1 fully saturated rings. The molecule has 0 unspecified atom stereocenters. The Morgan fingerprint density at radius 2 is 1.80 bits per heavy atom. The van der Waals surface area contributed by atoms with Gasteiger partial charge in [0.25, 0.3) is 11.8 Å². The van der Waals surface area contributed by atoms with Crippen LogP contribution in [0.2, 0.25) is 0 Å². The zero-order chi connectivity index (χ0) is 17.8. The molecule has 1 heterocycles. The van der Waals surface area contributed by atoms with E-state index in [1.165, 1.54) is 17.4 Å². The van der Waals surface area contributed by atoms with Gasteiger partial charge in [-0.05, 0) is 59.1 Å². The molecule has 1 aliphatic carbocycles. The van der Waals surface area contributed by atoms with Gasteiger partial charge in [-0.15, -0.1) is 11.3 Å². The van der Waals surface area contributed by atoms with E-state index in [1.807, 2.05) is 0 Å². The highest BCUT2D eigenvalue weighted by molar-refractivity contribution is 9.11. The van der Waals surface area contributed by atoms with Crippen LogP contribution in [-0.2, 0) is 0 Å². The van der Waals surface area contributed by atoms with Crippen LogP contribution in [0.15, 0.2) is 40.2 Å². The van der Waals surface area contributed by atoms with E-state index in [0.29, 0.717) is 16.1 Å². The predicted molar refractivity (Wildman–Crippen MR) is 98.6 cm³/mol. The van der Waals surface area contributed by atoms with E-state index >= 15 is 0 Å². The molecule has 4 N–H and O–H groups in total. The lowest BCUT2D eigenvalue weighted by Crippen LogP contribution is -2.41. The first-order valence-corrected chi connectivity index (χ1v) is 9.16. The van der Waals surface area contributed by atoms with Crippen LogP contribution in [0.5, 0.6) is 0 Å². The summed E-state index contributed by atoms with van der Waals surface area (Å²) in [6, 6.07) is 9.83. The second kappa shape index (κ2) is 7.66. The van der Waals surface area contributed by atoms with Crippen molar-refractivity contribution in [3.63, 3.8) is 0 Å². The minimum Gasteiger partial charge on any atom is -0.335 e. The van der Waals surface area contributed by atoms with Crippen molar-refractivity contribution >= 4 is 50.8 Å². The third-order valence-electron chi connectivity index (χ3n) is 3.38. The summed E-state index contributed by atoms with van der Waals surface area (Å²) in [5.41, 5.74) is 5.53. The number of anilines is 1. The smallest absolute Gasteiger partial charge is 0.319 e. The zero-order valence-electron chi connectivity index (χ0n) is 13.0. The summed E-state index contributed by atoms with van der Waals surface area (Å²) in [7, 11) is 0. The lowest BCUT2D eigenvalue weighted by atomic mass is 10.2. The second-order valence-electron chi connectivity index (χ2n) is 5.47. The van der Waals surface area contributed by atoms with Gasteiger partial charge in [-0.25, -0.2) is 4.79 Å². The van der Waals surface area contributed by atoms with Crippen molar-refractivity contribution in [1.82, 2.24) is 16.2 Å². The van der Waals surface area contributed by atoms with Gasteiger partial charge in [-0.2, -0.15) is 0 Å². The maximum Gasteiger partial charge on any atom is 0.319 e. The highest BCUT2D eigenvalue weighted by atomic mass is 79.9. The number of hydrazine groups is 1. The number of amides is 4. The fourth-order valence-corrected chi connectivity index (χ4v) is 3.28. The number of nitrogens with one attached hydrogen (secondary N) is 4. The number of rotatable bonds is 4. The van der Waals surface area contributed by atoms with Crippen LogP contribution in [0.3, 0.4) is 0 Å². The van der Waals surface area contributed by atoms with Crippen LogP contribution in [-0.4, -0.2) is 23.9 Å². The Morgan fingerprint density at radius 1 is 1.04 bits per heavy atom. The monoisotopic (exact) mass is 422 g/mol. The van der Waals surface area contributed by atoms with Gasteiger partial charge in [-0.1, -0.05) is 6.07 Å². The molecule has 0 atom stereocenters. The molecule has 0 radical (unpaired) electrons. The molecule has 7 nitrogen and oxygen atoms in total. The lowest BCUT2D eigenvalue weighted by molar-refractivity contribution is 0.0849. The Kier molecular flexibility index (Phi) is 5.34. The van der Waals surface area contributed by atoms with E-state index in [-0.39, 0.29) is 12.1 Å². The van der Waals surface area contributed by atoms with Crippen molar-refractivity contribution in [2.45, 2.75) is 18.9 Å². The molecule has 1 aliphatic rings. The number of halogens is 1. The van der Waals surface area contributed by atoms with Crippen molar-refractivity contribution < 1.29 is 14.4 Å². The van der Waals surface area contributed by atoms with Gasteiger partial charge in [0.15, 0.2) is 0 Å². The third-order valence-corrected chi connectivity index (χ3v) is 5.00. The number of urea groups is 1.